The van der Waals surface area contributed by atoms with Gasteiger partial charge in [0.15, 0.2) is 0 Å². The molecular weight excluding hydrogens is 380 g/mol. The average molecular weight is 405 g/mol. The van der Waals surface area contributed by atoms with Gasteiger partial charge in [-0.05, 0) is 63.4 Å². The number of fused-ring (bicyclic) bond motifs is 3. The number of pyridine rings is 1. The molecule has 4 nitrogen and oxygen atoms in total. The lowest BCUT2D eigenvalue weighted by molar-refractivity contribution is 0.340. The molecule has 5 rings (SSSR count). The van der Waals surface area contributed by atoms with Crippen LogP contribution in [0, 0.1) is 12.8 Å². The monoisotopic (exact) mass is 404 g/mol. The maximum absolute atomic E-state index is 6.26. The molecule has 1 aliphatic rings. The predicted octanol–water partition coefficient (Wildman–Crippen LogP) is 5.60. The maximum atomic E-state index is 6.26. The quantitative estimate of drug-likeness (QED) is 0.481. The minimum Gasteiger partial charge on any atom is -0.323 e. The highest BCUT2D eigenvalue weighted by Gasteiger charge is 2.20. The third-order valence-electron chi connectivity index (χ3n) is 6.07. The van der Waals surface area contributed by atoms with E-state index in [0.29, 0.717) is 5.02 Å². The minimum absolute atomic E-state index is 0.716. The topological polar surface area (TPSA) is 42.7 Å². The van der Waals surface area contributed by atoms with Crippen molar-refractivity contribution in [3.63, 3.8) is 0 Å². The lowest BCUT2D eigenvalue weighted by Crippen LogP contribution is -2.28. The highest BCUT2D eigenvalue weighted by atomic mass is 35.5. The van der Waals surface area contributed by atoms with Crippen molar-refractivity contribution < 1.29 is 0 Å². The molecule has 1 aliphatic heterocycles. The molecule has 0 unspecified atom stereocenters. The molecular formula is C24H25ClN4. The summed E-state index contributed by atoms with van der Waals surface area (Å²) in [6.07, 6.45) is 3.68. The van der Waals surface area contributed by atoms with E-state index in [-0.39, 0.29) is 0 Å². The zero-order valence-electron chi connectivity index (χ0n) is 16.7. The summed E-state index contributed by atoms with van der Waals surface area (Å²) < 4.78 is 2.41. The molecule has 0 bridgehead atoms. The van der Waals surface area contributed by atoms with E-state index >= 15 is 0 Å². The van der Waals surface area contributed by atoms with Crippen molar-refractivity contribution in [1.29, 1.82) is 0 Å². The van der Waals surface area contributed by atoms with E-state index in [0.717, 1.165) is 59.1 Å². The molecule has 0 amide bonds. The van der Waals surface area contributed by atoms with Gasteiger partial charge in [0.25, 0.3) is 0 Å². The van der Waals surface area contributed by atoms with Crippen LogP contribution in [0.1, 0.15) is 25.0 Å². The zero-order chi connectivity index (χ0) is 19.8. The van der Waals surface area contributed by atoms with Gasteiger partial charge in [-0.1, -0.05) is 41.9 Å². The second-order valence-corrected chi connectivity index (χ2v) is 8.43. The van der Waals surface area contributed by atoms with Crippen LogP contribution in [0.3, 0.4) is 0 Å². The number of halogens is 1. The van der Waals surface area contributed by atoms with Crippen molar-refractivity contribution in [3.8, 4) is 11.4 Å². The van der Waals surface area contributed by atoms with Crippen molar-refractivity contribution in [1.82, 2.24) is 19.9 Å². The number of rotatable bonds is 4. The Morgan fingerprint density at radius 3 is 2.66 bits per heavy atom. The summed E-state index contributed by atoms with van der Waals surface area (Å²) in [5, 5.41) is 5.31. The summed E-state index contributed by atoms with van der Waals surface area (Å²) in [6, 6.07) is 16.5. The molecule has 5 heteroatoms. The Labute approximate surface area is 175 Å². The second kappa shape index (κ2) is 7.77. The van der Waals surface area contributed by atoms with E-state index in [1.807, 2.05) is 19.1 Å². The van der Waals surface area contributed by atoms with Crippen molar-refractivity contribution in [3.05, 3.63) is 59.2 Å². The Hall–Kier alpha value is -2.43. The highest BCUT2D eigenvalue weighted by Crippen LogP contribution is 2.33. The number of hydrogen-bond acceptors (Lipinski definition) is 3. The molecule has 3 heterocycles. The van der Waals surface area contributed by atoms with Gasteiger partial charge >= 0.3 is 0 Å². The highest BCUT2D eigenvalue weighted by molar-refractivity contribution is 6.31. The largest absolute Gasteiger partial charge is 0.323 e. The van der Waals surface area contributed by atoms with Crippen LogP contribution in [0.4, 0.5) is 0 Å². The summed E-state index contributed by atoms with van der Waals surface area (Å²) in [4.78, 5) is 9.87. The first kappa shape index (κ1) is 18.6. The molecule has 148 valence electrons. The predicted molar refractivity (Wildman–Crippen MR) is 120 cm³/mol. The van der Waals surface area contributed by atoms with Crippen molar-refractivity contribution >= 4 is 33.5 Å². The number of imidazole rings is 1. The van der Waals surface area contributed by atoms with Crippen molar-refractivity contribution in [2.75, 3.05) is 13.1 Å². The second-order valence-electron chi connectivity index (χ2n) is 7.99. The van der Waals surface area contributed by atoms with E-state index in [1.165, 1.54) is 24.8 Å². The summed E-state index contributed by atoms with van der Waals surface area (Å²) in [6.45, 7) is 5.27. The Bertz CT molecular complexity index is 1160. The van der Waals surface area contributed by atoms with Gasteiger partial charge in [0.05, 0.1) is 16.7 Å². The van der Waals surface area contributed by atoms with Gasteiger partial charge in [0, 0.05) is 22.5 Å². The molecule has 4 aromatic rings. The molecule has 0 spiro atoms. The molecule has 2 aromatic heterocycles. The Morgan fingerprint density at radius 1 is 1.07 bits per heavy atom. The first-order chi connectivity index (χ1) is 14.2. The van der Waals surface area contributed by atoms with Crippen LogP contribution in [0.2, 0.25) is 5.02 Å². The number of nitrogens with zero attached hydrogens (tertiary/aromatic N) is 3. The molecule has 1 saturated heterocycles. The first-order valence-corrected chi connectivity index (χ1v) is 10.8. The van der Waals surface area contributed by atoms with Crippen molar-refractivity contribution in [2.24, 2.45) is 5.92 Å². The summed E-state index contributed by atoms with van der Waals surface area (Å²) in [5.74, 6) is 1.79. The van der Waals surface area contributed by atoms with Crippen LogP contribution >= 0.6 is 11.6 Å². The summed E-state index contributed by atoms with van der Waals surface area (Å²) in [7, 11) is 0. The molecule has 1 fully saturated rings. The molecule has 29 heavy (non-hydrogen) atoms. The van der Waals surface area contributed by atoms with Crippen LogP contribution in [-0.2, 0) is 6.54 Å². The Balaban J connectivity index is 1.70. The van der Waals surface area contributed by atoms with Gasteiger partial charge in [0.2, 0.25) is 0 Å². The number of benzene rings is 2. The number of aryl methyl sites for hydroxylation is 2. The SMILES string of the molecule is Cc1nc2cc(Cl)ccc2c2c1nc(-c1ccccc1)n2CCC1CCNCC1. The lowest BCUT2D eigenvalue weighted by Gasteiger charge is -2.23. The molecule has 1 N–H and O–H groups in total. The lowest BCUT2D eigenvalue weighted by atomic mass is 9.94. The third-order valence-corrected chi connectivity index (χ3v) is 6.30. The van der Waals surface area contributed by atoms with E-state index < -0.39 is 0 Å². The number of nitrogens with one attached hydrogen (secondary N) is 1. The van der Waals surface area contributed by atoms with E-state index in [2.05, 4.69) is 46.3 Å². The third kappa shape index (κ3) is 3.52. The first-order valence-electron chi connectivity index (χ1n) is 10.4. The molecule has 2 aromatic carbocycles. The van der Waals surface area contributed by atoms with Crippen molar-refractivity contribution in [2.45, 2.75) is 32.7 Å². The van der Waals surface area contributed by atoms with E-state index in [4.69, 9.17) is 21.6 Å². The molecule has 0 atom stereocenters. The fourth-order valence-electron chi connectivity index (χ4n) is 4.52. The average Bonchev–Trinajstić information content (AvgIpc) is 3.14. The van der Waals surface area contributed by atoms with Crippen LogP contribution in [0.25, 0.3) is 33.3 Å². The summed E-state index contributed by atoms with van der Waals surface area (Å²) >= 11 is 6.26. The Morgan fingerprint density at radius 2 is 1.86 bits per heavy atom. The fourth-order valence-corrected chi connectivity index (χ4v) is 4.68. The van der Waals surface area contributed by atoms with Crippen LogP contribution in [0.5, 0.6) is 0 Å². The number of aromatic nitrogens is 3. The van der Waals surface area contributed by atoms with Gasteiger partial charge in [-0.25, -0.2) is 4.98 Å². The molecule has 0 radical (unpaired) electrons. The van der Waals surface area contributed by atoms with Gasteiger partial charge < -0.3 is 9.88 Å². The fraction of sp³-hybridized carbons (Fsp3) is 0.333. The zero-order valence-corrected chi connectivity index (χ0v) is 17.4. The van der Waals surface area contributed by atoms with Gasteiger partial charge in [-0.3, -0.25) is 4.98 Å². The molecule has 0 aliphatic carbocycles. The van der Waals surface area contributed by atoms with Crippen LogP contribution in [-0.4, -0.2) is 27.6 Å². The normalized spacial score (nSPS) is 15.4. The smallest absolute Gasteiger partial charge is 0.141 e. The minimum atomic E-state index is 0.716. The van der Waals surface area contributed by atoms with Crippen LogP contribution in [0.15, 0.2) is 48.5 Å². The van der Waals surface area contributed by atoms with Gasteiger partial charge in [-0.15, -0.1) is 0 Å². The van der Waals surface area contributed by atoms with Crippen LogP contribution < -0.4 is 5.32 Å². The maximum Gasteiger partial charge on any atom is 0.141 e. The van der Waals surface area contributed by atoms with E-state index in [9.17, 15) is 0 Å². The van der Waals surface area contributed by atoms with E-state index in [1.54, 1.807) is 0 Å². The number of hydrogen-bond donors (Lipinski definition) is 1. The van der Waals surface area contributed by atoms with Gasteiger partial charge in [-0.2, -0.15) is 0 Å². The number of piperidine rings is 1. The molecule has 0 saturated carbocycles. The summed E-state index contributed by atoms with van der Waals surface area (Å²) in [5.41, 5.74) is 5.20. The standard InChI is InChI=1S/C24H25ClN4/c1-16-22-23(20-8-7-19(25)15-21(20)27-16)29(14-11-17-9-12-26-13-10-17)24(28-22)18-5-3-2-4-6-18/h2-8,15,17,26H,9-14H2,1H3. The van der Waals surface area contributed by atoms with Gasteiger partial charge in [0.1, 0.15) is 11.3 Å². The Kier molecular flexibility index (Phi) is 4.98.